The fourth-order valence-corrected chi connectivity index (χ4v) is 20.8. The van der Waals surface area contributed by atoms with E-state index in [9.17, 15) is 0 Å². The first kappa shape index (κ1) is 81.6. The van der Waals surface area contributed by atoms with Crippen LogP contribution in [0.2, 0.25) is 0 Å². The zero-order valence-electron chi connectivity index (χ0n) is 75.6. The molecule has 138 heavy (non-hydrogen) atoms. The first-order valence-electron chi connectivity index (χ1n) is 47.3. The molecule has 24 aromatic carbocycles. The zero-order valence-corrected chi connectivity index (χ0v) is 75.6. The summed E-state index contributed by atoms with van der Waals surface area (Å²) in [6.07, 6.45) is 0. The Morgan fingerprint density at radius 1 is 0.116 bits per heavy atom. The molecule has 0 bridgehead atoms. The standard InChI is InChI=1S/3C44H30N2/c1-2-14-37(15-3-1)46-43-17-9-8-16-41(43)42-27-22-36(30-44(42)46)33-18-23-38(24-19-33)45(39-25-20-31-10-4-6-12-34(31)28-39)40-26-21-32-11-5-7-13-35(32)29-40;1-2-15-36(16-3-1)46-43-19-9-8-18-40(43)41-30-35(24-28-44(41)46)32-21-25-37(26-22-32)45(38-27-23-31-11-4-5-13-34(31)29-38)42-20-10-14-33-12-6-7-17-39(33)42;1-2-15-36(16-3-1)46-43-19-9-8-18-40(43)41-28-24-35(30-44(41)46)32-21-25-37(26-22-32)45(38-27-23-31-11-4-5-13-34(31)29-38)42-20-10-14-33-12-6-7-17-39(33)42/h3*1-30H. The summed E-state index contributed by atoms with van der Waals surface area (Å²) in [6, 6.07) is 197. The van der Waals surface area contributed by atoms with Crippen molar-refractivity contribution in [2.24, 2.45) is 0 Å². The second-order valence-corrected chi connectivity index (χ2v) is 35.5. The first-order chi connectivity index (χ1) is 68.4. The highest BCUT2D eigenvalue weighted by Crippen LogP contribution is 2.47. The largest absolute Gasteiger partial charge is 0.310 e. The van der Waals surface area contributed by atoms with E-state index in [1.807, 2.05) is 0 Å². The lowest BCUT2D eigenvalue weighted by molar-refractivity contribution is 1.18. The van der Waals surface area contributed by atoms with E-state index in [2.05, 4.69) is 574 Å². The van der Waals surface area contributed by atoms with Crippen LogP contribution in [0.5, 0.6) is 0 Å². The van der Waals surface area contributed by atoms with Crippen molar-refractivity contribution in [1.82, 2.24) is 13.7 Å². The molecule has 3 aromatic heterocycles. The number of benzene rings is 24. The number of para-hydroxylation sites is 6. The third-order valence-electron chi connectivity index (χ3n) is 27.4. The molecule has 27 aromatic rings. The first-order valence-corrected chi connectivity index (χ1v) is 47.3. The molecule has 0 aliphatic heterocycles. The maximum Gasteiger partial charge on any atom is 0.0547 e. The van der Waals surface area contributed by atoms with Crippen LogP contribution >= 0.6 is 0 Å². The van der Waals surface area contributed by atoms with Crippen LogP contribution in [0.4, 0.5) is 51.2 Å². The van der Waals surface area contributed by atoms with Gasteiger partial charge in [-0.2, -0.15) is 0 Å². The summed E-state index contributed by atoms with van der Waals surface area (Å²) in [4.78, 5) is 7.13. The summed E-state index contributed by atoms with van der Waals surface area (Å²) in [6.45, 7) is 0. The van der Waals surface area contributed by atoms with E-state index in [0.717, 1.165) is 51.2 Å². The lowest BCUT2D eigenvalue weighted by Crippen LogP contribution is -2.10. The summed E-state index contributed by atoms with van der Waals surface area (Å²) >= 11 is 0. The number of hydrogen-bond acceptors (Lipinski definition) is 3. The molecule has 0 amide bonds. The summed E-state index contributed by atoms with van der Waals surface area (Å²) in [7, 11) is 0. The predicted octanol–water partition coefficient (Wildman–Crippen LogP) is 36.7. The van der Waals surface area contributed by atoms with Gasteiger partial charge in [0.2, 0.25) is 0 Å². The van der Waals surface area contributed by atoms with Crippen molar-refractivity contribution in [3.8, 4) is 50.4 Å². The van der Waals surface area contributed by atoms with Crippen LogP contribution in [0.3, 0.4) is 0 Å². The molecule has 0 atom stereocenters. The van der Waals surface area contributed by atoms with Crippen LogP contribution in [0, 0.1) is 0 Å². The van der Waals surface area contributed by atoms with Gasteiger partial charge in [0, 0.05) is 100.0 Å². The van der Waals surface area contributed by atoms with Gasteiger partial charge < -0.3 is 28.4 Å². The second-order valence-electron chi connectivity index (χ2n) is 35.5. The van der Waals surface area contributed by atoms with E-state index in [1.54, 1.807) is 0 Å². The van der Waals surface area contributed by atoms with E-state index in [0.29, 0.717) is 0 Å². The Labute approximate surface area is 800 Å². The van der Waals surface area contributed by atoms with Crippen LogP contribution in [0.25, 0.3) is 180 Å². The molecule has 0 radical (unpaired) electrons. The Bertz CT molecular complexity index is 9180. The average molecular weight is 1760 g/mol. The van der Waals surface area contributed by atoms with Crippen molar-refractivity contribution in [2.45, 2.75) is 0 Å². The minimum atomic E-state index is 1.12. The quantitative estimate of drug-likeness (QED) is 0.102. The van der Waals surface area contributed by atoms with E-state index >= 15 is 0 Å². The number of aromatic nitrogens is 3. The van der Waals surface area contributed by atoms with Crippen LogP contribution in [-0.4, -0.2) is 13.7 Å². The van der Waals surface area contributed by atoms with Crippen molar-refractivity contribution in [2.75, 3.05) is 14.7 Å². The number of fused-ring (bicyclic) bond motifs is 15. The highest BCUT2D eigenvalue weighted by atomic mass is 15.2. The number of anilines is 9. The van der Waals surface area contributed by atoms with Gasteiger partial charge in [0.05, 0.1) is 44.5 Å². The van der Waals surface area contributed by atoms with Crippen molar-refractivity contribution in [3.05, 3.63) is 546 Å². The smallest absolute Gasteiger partial charge is 0.0547 e. The Morgan fingerprint density at radius 2 is 0.355 bits per heavy atom. The third kappa shape index (κ3) is 15.1. The zero-order chi connectivity index (χ0) is 91.4. The van der Waals surface area contributed by atoms with Gasteiger partial charge >= 0.3 is 0 Å². The van der Waals surface area contributed by atoms with Gasteiger partial charge in [-0.3, -0.25) is 0 Å². The highest BCUT2D eigenvalue weighted by molar-refractivity contribution is 6.14. The van der Waals surface area contributed by atoms with Crippen molar-refractivity contribution in [3.63, 3.8) is 0 Å². The van der Waals surface area contributed by atoms with Gasteiger partial charge in [0.1, 0.15) is 0 Å². The molecule has 0 aliphatic rings. The molecule has 0 fully saturated rings. The van der Waals surface area contributed by atoms with E-state index in [4.69, 9.17) is 0 Å². The van der Waals surface area contributed by atoms with Gasteiger partial charge in [-0.05, 0) is 263 Å². The van der Waals surface area contributed by atoms with E-state index < -0.39 is 0 Å². The maximum atomic E-state index is 2.38. The second kappa shape index (κ2) is 35.3. The van der Waals surface area contributed by atoms with E-state index in [1.165, 1.54) is 180 Å². The number of nitrogens with zero attached hydrogens (tertiary/aromatic N) is 6. The molecule has 6 nitrogen and oxygen atoms in total. The molecule has 0 N–H and O–H groups in total. The van der Waals surface area contributed by atoms with Crippen molar-refractivity contribution < 1.29 is 0 Å². The van der Waals surface area contributed by atoms with Gasteiger partial charge in [0.25, 0.3) is 0 Å². The van der Waals surface area contributed by atoms with Crippen molar-refractivity contribution in [1.29, 1.82) is 0 Å². The Morgan fingerprint density at radius 3 is 0.717 bits per heavy atom. The maximum absolute atomic E-state index is 2.38. The molecule has 648 valence electrons. The summed E-state index contributed by atoms with van der Waals surface area (Å²) in [5.41, 5.74) is 28.2. The predicted molar refractivity (Wildman–Crippen MR) is 588 cm³/mol. The topological polar surface area (TPSA) is 24.5 Å². The van der Waals surface area contributed by atoms with Crippen LogP contribution in [0.15, 0.2) is 546 Å². The number of rotatable bonds is 15. The lowest BCUT2D eigenvalue weighted by atomic mass is 10.0. The minimum absolute atomic E-state index is 1.12. The molecule has 0 saturated carbocycles. The third-order valence-corrected chi connectivity index (χ3v) is 27.4. The fraction of sp³-hybridized carbons (Fsp3) is 0. The fourth-order valence-electron chi connectivity index (χ4n) is 20.8. The highest BCUT2D eigenvalue weighted by Gasteiger charge is 2.24. The molecular formula is C132H90N6. The summed E-state index contributed by atoms with van der Waals surface area (Å²) < 4.78 is 7.12. The van der Waals surface area contributed by atoms with Gasteiger partial charge in [0.15, 0.2) is 0 Å². The molecule has 6 heteroatoms. The Hall–Kier alpha value is -18.4. The molecule has 0 saturated heterocycles. The van der Waals surface area contributed by atoms with Crippen LogP contribution < -0.4 is 14.7 Å². The Balaban J connectivity index is 0.000000110. The molecule has 3 heterocycles. The SMILES string of the molecule is c1ccc(-n2c3ccccc3c3cc(-c4ccc(N(c5ccc6ccccc6c5)c5cccc6ccccc56)cc4)ccc32)cc1.c1ccc(-n2c3ccccc3c3ccc(-c4ccc(N(c5ccc6ccccc6c5)c5ccc6ccccc6c5)cc4)cc32)cc1.c1ccc(-n2c3ccccc3c3ccc(-c4ccc(N(c5ccc6ccccc6c5)c5cccc6ccccc56)cc4)cc32)cc1. The van der Waals surface area contributed by atoms with Crippen LogP contribution in [0.1, 0.15) is 0 Å². The molecule has 0 spiro atoms. The minimum Gasteiger partial charge on any atom is -0.310 e. The molecule has 0 aliphatic carbocycles. The van der Waals surface area contributed by atoms with Crippen LogP contribution in [-0.2, 0) is 0 Å². The number of hydrogen-bond donors (Lipinski definition) is 0. The molecule has 0 unspecified atom stereocenters. The summed E-state index contributed by atoms with van der Waals surface area (Å²) in [5.74, 6) is 0. The van der Waals surface area contributed by atoms with Crippen molar-refractivity contribution >= 4 is 181 Å². The van der Waals surface area contributed by atoms with Gasteiger partial charge in [-0.15, -0.1) is 0 Å². The molecule has 27 rings (SSSR count). The Kier molecular flexibility index (Phi) is 20.9. The monoisotopic (exact) mass is 1760 g/mol. The van der Waals surface area contributed by atoms with E-state index in [-0.39, 0.29) is 0 Å². The average Bonchev–Trinajstić information content (AvgIpc) is 1.60. The molecular weight excluding hydrogens is 1670 g/mol. The lowest BCUT2D eigenvalue weighted by Gasteiger charge is -2.27. The van der Waals surface area contributed by atoms with Gasteiger partial charge in [-0.1, -0.05) is 370 Å². The summed E-state index contributed by atoms with van der Waals surface area (Å²) in [5, 5.41) is 22.3. The van der Waals surface area contributed by atoms with Gasteiger partial charge in [-0.25, -0.2) is 0 Å². The normalized spacial score (nSPS) is 11.5.